The standard InChI is InChI=1S/C13H14F2N2S/c1-2-6-16-7-12-17-11(8-18-12)9-4-3-5-10(14)13(9)15/h3-5,8,16H,2,6-7H2,1H3. The van der Waals surface area contributed by atoms with Crippen LogP contribution in [0.15, 0.2) is 23.6 Å². The number of halogens is 2. The lowest BCUT2D eigenvalue weighted by atomic mass is 10.1. The van der Waals surface area contributed by atoms with Crippen LogP contribution in [0.1, 0.15) is 18.4 Å². The molecular weight excluding hydrogens is 254 g/mol. The zero-order valence-electron chi connectivity index (χ0n) is 10.0. The Bertz CT molecular complexity index is 525. The molecule has 0 radical (unpaired) electrons. The molecule has 0 aliphatic carbocycles. The topological polar surface area (TPSA) is 24.9 Å². The molecule has 2 rings (SSSR count). The Morgan fingerprint density at radius 3 is 2.94 bits per heavy atom. The van der Waals surface area contributed by atoms with Crippen molar-refractivity contribution in [1.29, 1.82) is 0 Å². The molecule has 0 fully saturated rings. The van der Waals surface area contributed by atoms with E-state index in [1.165, 1.54) is 23.5 Å². The second-order valence-corrected chi connectivity index (χ2v) is 4.85. The quantitative estimate of drug-likeness (QED) is 0.838. The first kappa shape index (κ1) is 13.1. The lowest BCUT2D eigenvalue weighted by molar-refractivity contribution is 0.511. The molecule has 0 spiro atoms. The number of aromatic nitrogens is 1. The minimum Gasteiger partial charge on any atom is -0.310 e. The number of rotatable bonds is 5. The first-order valence-electron chi connectivity index (χ1n) is 5.82. The molecule has 0 unspecified atom stereocenters. The molecule has 1 N–H and O–H groups in total. The molecule has 2 aromatic rings. The van der Waals surface area contributed by atoms with E-state index in [1.54, 1.807) is 5.38 Å². The Kier molecular flexibility index (Phi) is 4.38. The summed E-state index contributed by atoms with van der Waals surface area (Å²) < 4.78 is 26.7. The van der Waals surface area contributed by atoms with Gasteiger partial charge in [0.25, 0.3) is 0 Å². The van der Waals surface area contributed by atoms with Crippen molar-refractivity contribution in [2.24, 2.45) is 0 Å². The fourth-order valence-corrected chi connectivity index (χ4v) is 2.35. The van der Waals surface area contributed by atoms with Crippen molar-refractivity contribution in [3.05, 3.63) is 40.2 Å². The van der Waals surface area contributed by atoms with E-state index in [-0.39, 0.29) is 5.56 Å². The highest BCUT2D eigenvalue weighted by Crippen LogP contribution is 2.25. The molecule has 1 heterocycles. The van der Waals surface area contributed by atoms with Crippen molar-refractivity contribution in [3.8, 4) is 11.3 Å². The molecule has 96 valence electrons. The van der Waals surface area contributed by atoms with Gasteiger partial charge in [0.15, 0.2) is 11.6 Å². The number of nitrogens with zero attached hydrogens (tertiary/aromatic N) is 1. The van der Waals surface area contributed by atoms with Gasteiger partial charge in [0.2, 0.25) is 0 Å². The molecule has 0 saturated heterocycles. The van der Waals surface area contributed by atoms with Gasteiger partial charge in [-0.1, -0.05) is 13.0 Å². The maximum Gasteiger partial charge on any atom is 0.168 e. The number of nitrogens with one attached hydrogen (secondary N) is 1. The predicted octanol–water partition coefficient (Wildman–Crippen LogP) is 3.59. The molecule has 1 aromatic carbocycles. The smallest absolute Gasteiger partial charge is 0.168 e. The zero-order chi connectivity index (χ0) is 13.0. The van der Waals surface area contributed by atoms with Crippen molar-refractivity contribution in [1.82, 2.24) is 10.3 Å². The molecule has 0 atom stereocenters. The lowest BCUT2D eigenvalue weighted by Crippen LogP contribution is -2.13. The van der Waals surface area contributed by atoms with E-state index in [9.17, 15) is 8.78 Å². The number of thiazole rings is 1. The van der Waals surface area contributed by atoms with E-state index in [2.05, 4.69) is 17.2 Å². The normalized spacial score (nSPS) is 10.8. The molecular formula is C13H14F2N2S. The summed E-state index contributed by atoms with van der Waals surface area (Å²) in [4.78, 5) is 4.30. The summed E-state index contributed by atoms with van der Waals surface area (Å²) in [5.41, 5.74) is 0.707. The molecule has 0 aliphatic rings. The van der Waals surface area contributed by atoms with Gasteiger partial charge in [0.1, 0.15) is 5.01 Å². The predicted molar refractivity (Wildman–Crippen MR) is 69.5 cm³/mol. The van der Waals surface area contributed by atoms with Crippen LogP contribution in [0.5, 0.6) is 0 Å². The Morgan fingerprint density at radius 2 is 2.17 bits per heavy atom. The van der Waals surface area contributed by atoms with Crippen LogP contribution in [-0.4, -0.2) is 11.5 Å². The monoisotopic (exact) mass is 268 g/mol. The van der Waals surface area contributed by atoms with Crippen LogP contribution in [0.2, 0.25) is 0 Å². The summed E-state index contributed by atoms with van der Waals surface area (Å²) in [7, 11) is 0. The van der Waals surface area contributed by atoms with E-state index in [0.29, 0.717) is 12.2 Å². The van der Waals surface area contributed by atoms with Crippen LogP contribution < -0.4 is 5.32 Å². The van der Waals surface area contributed by atoms with Crippen molar-refractivity contribution >= 4 is 11.3 Å². The Hall–Kier alpha value is -1.33. The fraction of sp³-hybridized carbons (Fsp3) is 0.308. The zero-order valence-corrected chi connectivity index (χ0v) is 10.9. The second kappa shape index (κ2) is 6.02. The van der Waals surface area contributed by atoms with E-state index >= 15 is 0 Å². The third-order valence-electron chi connectivity index (χ3n) is 2.48. The molecule has 1 aromatic heterocycles. The van der Waals surface area contributed by atoms with Gasteiger partial charge < -0.3 is 5.32 Å². The molecule has 18 heavy (non-hydrogen) atoms. The molecule has 0 bridgehead atoms. The van der Waals surface area contributed by atoms with Crippen LogP contribution in [0.4, 0.5) is 8.78 Å². The fourth-order valence-electron chi connectivity index (χ4n) is 1.59. The van der Waals surface area contributed by atoms with Crippen LogP contribution in [-0.2, 0) is 6.54 Å². The van der Waals surface area contributed by atoms with E-state index in [1.807, 2.05) is 0 Å². The lowest BCUT2D eigenvalue weighted by Gasteiger charge is -2.00. The average Bonchev–Trinajstić information content (AvgIpc) is 2.82. The first-order valence-corrected chi connectivity index (χ1v) is 6.70. The van der Waals surface area contributed by atoms with E-state index in [4.69, 9.17) is 0 Å². The number of hydrogen-bond donors (Lipinski definition) is 1. The first-order chi connectivity index (χ1) is 8.72. The maximum atomic E-state index is 13.6. The minimum absolute atomic E-state index is 0.216. The maximum absolute atomic E-state index is 13.6. The van der Waals surface area contributed by atoms with Gasteiger partial charge in [-0.15, -0.1) is 11.3 Å². The highest BCUT2D eigenvalue weighted by molar-refractivity contribution is 7.09. The Balaban J connectivity index is 2.16. The van der Waals surface area contributed by atoms with Gasteiger partial charge in [-0.3, -0.25) is 0 Å². The van der Waals surface area contributed by atoms with Crippen molar-refractivity contribution < 1.29 is 8.78 Å². The largest absolute Gasteiger partial charge is 0.310 e. The van der Waals surface area contributed by atoms with Gasteiger partial charge in [0.05, 0.1) is 5.69 Å². The highest BCUT2D eigenvalue weighted by Gasteiger charge is 2.12. The number of benzene rings is 1. The van der Waals surface area contributed by atoms with Crippen molar-refractivity contribution in [2.75, 3.05) is 6.54 Å². The van der Waals surface area contributed by atoms with Gasteiger partial charge in [-0.25, -0.2) is 13.8 Å². The van der Waals surface area contributed by atoms with Gasteiger partial charge in [0, 0.05) is 17.5 Å². The van der Waals surface area contributed by atoms with Gasteiger partial charge >= 0.3 is 0 Å². The molecule has 0 aliphatic heterocycles. The summed E-state index contributed by atoms with van der Waals surface area (Å²) in [6.45, 7) is 3.67. The summed E-state index contributed by atoms with van der Waals surface area (Å²) >= 11 is 1.45. The van der Waals surface area contributed by atoms with Crippen LogP contribution in [0.3, 0.4) is 0 Å². The molecule has 0 amide bonds. The van der Waals surface area contributed by atoms with E-state index < -0.39 is 11.6 Å². The van der Waals surface area contributed by atoms with Gasteiger partial charge in [-0.2, -0.15) is 0 Å². The molecule has 2 nitrogen and oxygen atoms in total. The minimum atomic E-state index is -0.842. The SMILES string of the molecule is CCCNCc1nc(-c2cccc(F)c2F)cs1. The Labute approximate surface area is 109 Å². The average molecular weight is 268 g/mol. The van der Waals surface area contributed by atoms with Crippen LogP contribution in [0.25, 0.3) is 11.3 Å². The summed E-state index contributed by atoms with van der Waals surface area (Å²) in [6, 6.07) is 4.13. The highest BCUT2D eigenvalue weighted by atomic mass is 32.1. The van der Waals surface area contributed by atoms with Crippen LogP contribution >= 0.6 is 11.3 Å². The second-order valence-electron chi connectivity index (χ2n) is 3.90. The van der Waals surface area contributed by atoms with E-state index in [0.717, 1.165) is 24.0 Å². The molecule has 0 saturated carbocycles. The number of hydrogen-bond acceptors (Lipinski definition) is 3. The summed E-state index contributed by atoms with van der Waals surface area (Å²) in [5, 5.41) is 5.85. The summed E-state index contributed by atoms with van der Waals surface area (Å²) in [6.07, 6.45) is 1.05. The van der Waals surface area contributed by atoms with Crippen molar-refractivity contribution in [2.45, 2.75) is 19.9 Å². The third kappa shape index (κ3) is 2.91. The summed E-state index contributed by atoms with van der Waals surface area (Å²) in [5.74, 6) is -1.68. The molecule has 5 heteroatoms. The van der Waals surface area contributed by atoms with Crippen LogP contribution in [0, 0.1) is 11.6 Å². The van der Waals surface area contributed by atoms with Gasteiger partial charge in [-0.05, 0) is 25.1 Å². The third-order valence-corrected chi connectivity index (χ3v) is 3.33. The Morgan fingerprint density at radius 1 is 1.33 bits per heavy atom. The van der Waals surface area contributed by atoms with Crippen molar-refractivity contribution in [3.63, 3.8) is 0 Å².